The Labute approximate surface area is 95.8 Å². The number of carbonyl (C=O) groups excluding carboxylic acids is 1. The van der Waals surface area contributed by atoms with Crippen LogP contribution in [0.3, 0.4) is 0 Å². The van der Waals surface area contributed by atoms with Gasteiger partial charge in [-0.2, -0.15) is 0 Å². The maximum Gasteiger partial charge on any atom is 0.303 e. The zero-order valence-electron chi connectivity index (χ0n) is 9.90. The van der Waals surface area contributed by atoms with Crippen molar-refractivity contribution < 1.29 is 14.7 Å². The molecule has 0 spiro atoms. The van der Waals surface area contributed by atoms with Crippen molar-refractivity contribution in [2.75, 3.05) is 19.6 Å². The van der Waals surface area contributed by atoms with Crippen molar-refractivity contribution in [3.63, 3.8) is 0 Å². The number of amides is 1. The number of nitrogens with zero attached hydrogens (tertiary/aromatic N) is 1. The van der Waals surface area contributed by atoms with Gasteiger partial charge in [-0.25, -0.2) is 0 Å². The molecule has 5 nitrogen and oxygen atoms in total. The van der Waals surface area contributed by atoms with Gasteiger partial charge in [0.1, 0.15) is 0 Å². The minimum atomic E-state index is -0.786. The van der Waals surface area contributed by atoms with E-state index in [0.717, 1.165) is 13.0 Å². The molecule has 1 aliphatic rings. The van der Waals surface area contributed by atoms with Gasteiger partial charge in [0.25, 0.3) is 0 Å². The van der Waals surface area contributed by atoms with Crippen LogP contribution in [0.5, 0.6) is 0 Å². The fourth-order valence-electron chi connectivity index (χ4n) is 2.29. The van der Waals surface area contributed by atoms with Crippen molar-refractivity contribution in [3.8, 4) is 0 Å². The molecule has 2 atom stereocenters. The zero-order valence-corrected chi connectivity index (χ0v) is 9.90. The average molecular weight is 228 g/mol. The van der Waals surface area contributed by atoms with E-state index in [1.165, 1.54) is 6.92 Å². The summed E-state index contributed by atoms with van der Waals surface area (Å²) in [5.41, 5.74) is 0. The predicted octanol–water partition coefficient (Wildman–Crippen LogP) is 0.308. The van der Waals surface area contributed by atoms with E-state index in [0.29, 0.717) is 13.1 Å². The third-order valence-electron chi connectivity index (χ3n) is 2.94. The van der Waals surface area contributed by atoms with Crippen molar-refractivity contribution in [1.82, 2.24) is 10.2 Å². The molecule has 0 bridgehead atoms. The third kappa shape index (κ3) is 3.81. The first-order chi connectivity index (χ1) is 7.52. The van der Waals surface area contributed by atoms with Crippen molar-refractivity contribution in [3.05, 3.63) is 0 Å². The molecule has 1 aliphatic heterocycles. The standard InChI is InChI=1S/C11H20N2O3/c1-3-12-10-4-9(5-11(15)16)6-13(7-10)8(2)14/h9-10,12H,3-7H2,1-2H3,(H,15,16). The van der Waals surface area contributed by atoms with Crippen LogP contribution in [0, 0.1) is 5.92 Å². The molecule has 0 aromatic heterocycles. The molecule has 1 heterocycles. The molecule has 0 radical (unpaired) electrons. The topological polar surface area (TPSA) is 69.6 Å². The highest BCUT2D eigenvalue weighted by Crippen LogP contribution is 2.20. The normalized spacial score (nSPS) is 25.5. The summed E-state index contributed by atoms with van der Waals surface area (Å²) in [6.45, 7) is 5.66. The van der Waals surface area contributed by atoms with Gasteiger partial charge in [0.15, 0.2) is 0 Å². The van der Waals surface area contributed by atoms with E-state index in [4.69, 9.17) is 5.11 Å². The zero-order chi connectivity index (χ0) is 12.1. The second-order valence-electron chi connectivity index (χ2n) is 4.38. The lowest BCUT2D eigenvalue weighted by molar-refractivity contribution is -0.140. The highest BCUT2D eigenvalue weighted by Gasteiger charge is 2.29. The number of likely N-dealkylation sites (tertiary alicyclic amines) is 1. The van der Waals surface area contributed by atoms with Crippen LogP contribution in [-0.4, -0.2) is 47.6 Å². The number of likely N-dealkylation sites (N-methyl/N-ethyl adjacent to an activating group) is 1. The monoisotopic (exact) mass is 228 g/mol. The van der Waals surface area contributed by atoms with Gasteiger partial charge in [0.2, 0.25) is 5.91 Å². The average Bonchev–Trinajstić information content (AvgIpc) is 2.16. The molecule has 0 aliphatic carbocycles. The summed E-state index contributed by atoms with van der Waals surface area (Å²) in [4.78, 5) is 23.8. The smallest absolute Gasteiger partial charge is 0.303 e. The molecule has 1 fully saturated rings. The van der Waals surface area contributed by atoms with E-state index in [1.54, 1.807) is 4.90 Å². The maximum atomic E-state index is 11.3. The van der Waals surface area contributed by atoms with E-state index in [-0.39, 0.29) is 24.3 Å². The summed E-state index contributed by atoms with van der Waals surface area (Å²) in [6.07, 6.45) is 0.982. The lowest BCUT2D eigenvalue weighted by Crippen LogP contribution is -2.51. The van der Waals surface area contributed by atoms with Gasteiger partial charge in [-0.3, -0.25) is 9.59 Å². The second kappa shape index (κ2) is 5.84. The SMILES string of the molecule is CCNC1CC(CC(=O)O)CN(C(C)=O)C1. The van der Waals surface area contributed by atoms with Crippen LogP contribution in [-0.2, 0) is 9.59 Å². The lowest BCUT2D eigenvalue weighted by atomic mass is 9.91. The van der Waals surface area contributed by atoms with Gasteiger partial charge in [0, 0.05) is 32.5 Å². The van der Waals surface area contributed by atoms with Crippen LogP contribution in [0.4, 0.5) is 0 Å². The Balaban J connectivity index is 2.58. The largest absolute Gasteiger partial charge is 0.481 e. The summed E-state index contributed by atoms with van der Waals surface area (Å²) >= 11 is 0. The van der Waals surface area contributed by atoms with Gasteiger partial charge >= 0.3 is 5.97 Å². The third-order valence-corrected chi connectivity index (χ3v) is 2.94. The van der Waals surface area contributed by atoms with Crippen molar-refractivity contribution in [2.45, 2.75) is 32.7 Å². The summed E-state index contributed by atoms with van der Waals surface area (Å²) in [7, 11) is 0. The molecular weight excluding hydrogens is 208 g/mol. The molecule has 1 amide bonds. The number of aliphatic carboxylic acids is 1. The van der Waals surface area contributed by atoms with Crippen LogP contribution in [0.1, 0.15) is 26.7 Å². The molecule has 2 N–H and O–H groups in total. The second-order valence-corrected chi connectivity index (χ2v) is 4.38. The predicted molar refractivity (Wildman–Crippen MR) is 60.1 cm³/mol. The minimum absolute atomic E-state index is 0.0259. The Bertz CT molecular complexity index is 268. The molecule has 5 heteroatoms. The first-order valence-corrected chi connectivity index (χ1v) is 5.73. The molecule has 1 saturated heterocycles. The molecular formula is C11H20N2O3. The van der Waals surface area contributed by atoms with Gasteiger partial charge < -0.3 is 15.3 Å². The van der Waals surface area contributed by atoms with E-state index in [9.17, 15) is 9.59 Å². The molecule has 0 saturated carbocycles. The Hall–Kier alpha value is -1.10. The highest BCUT2D eigenvalue weighted by atomic mass is 16.4. The highest BCUT2D eigenvalue weighted by molar-refractivity contribution is 5.73. The number of hydrogen-bond donors (Lipinski definition) is 2. The van der Waals surface area contributed by atoms with Crippen LogP contribution in [0.15, 0.2) is 0 Å². The quantitative estimate of drug-likeness (QED) is 0.726. The number of carbonyl (C=O) groups is 2. The number of nitrogens with one attached hydrogen (secondary N) is 1. The molecule has 0 aromatic carbocycles. The Morgan fingerprint density at radius 1 is 1.44 bits per heavy atom. The minimum Gasteiger partial charge on any atom is -0.481 e. The van der Waals surface area contributed by atoms with Crippen LogP contribution in [0.2, 0.25) is 0 Å². The Kier molecular flexibility index (Phi) is 4.73. The van der Waals surface area contributed by atoms with Crippen LogP contribution >= 0.6 is 0 Å². The number of piperidine rings is 1. The fourth-order valence-corrected chi connectivity index (χ4v) is 2.29. The number of hydrogen-bond acceptors (Lipinski definition) is 3. The Morgan fingerprint density at radius 2 is 2.12 bits per heavy atom. The van der Waals surface area contributed by atoms with Crippen LogP contribution in [0.25, 0.3) is 0 Å². The molecule has 16 heavy (non-hydrogen) atoms. The summed E-state index contributed by atoms with van der Waals surface area (Å²) < 4.78 is 0. The van der Waals surface area contributed by atoms with Crippen molar-refractivity contribution in [2.24, 2.45) is 5.92 Å². The van der Waals surface area contributed by atoms with E-state index >= 15 is 0 Å². The van der Waals surface area contributed by atoms with E-state index in [2.05, 4.69) is 5.32 Å². The van der Waals surface area contributed by atoms with Crippen molar-refractivity contribution in [1.29, 1.82) is 0 Å². The van der Waals surface area contributed by atoms with Crippen LogP contribution < -0.4 is 5.32 Å². The Morgan fingerprint density at radius 3 is 2.62 bits per heavy atom. The number of rotatable bonds is 4. The van der Waals surface area contributed by atoms with Gasteiger partial charge in [0.05, 0.1) is 0 Å². The summed E-state index contributed by atoms with van der Waals surface area (Å²) in [6, 6.07) is 0.229. The van der Waals surface area contributed by atoms with E-state index in [1.807, 2.05) is 6.92 Å². The van der Waals surface area contributed by atoms with Gasteiger partial charge in [-0.15, -0.1) is 0 Å². The molecule has 1 rings (SSSR count). The lowest BCUT2D eigenvalue weighted by Gasteiger charge is -2.37. The number of carboxylic acid groups (broad SMARTS) is 1. The fraction of sp³-hybridized carbons (Fsp3) is 0.818. The first-order valence-electron chi connectivity index (χ1n) is 5.73. The summed E-state index contributed by atoms with van der Waals surface area (Å²) in [5, 5.41) is 12.1. The van der Waals surface area contributed by atoms with Crippen molar-refractivity contribution >= 4 is 11.9 Å². The maximum absolute atomic E-state index is 11.3. The molecule has 92 valence electrons. The number of carboxylic acids is 1. The van der Waals surface area contributed by atoms with Gasteiger partial charge in [-0.05, 0) is 18.9 Å². The van der Waals surface area contributed by atoms with E-state index < -0.39 is 5.97 Å². The van der Waals surface area contributed by atoms with Gasteiger partial charge in [-0.1, -0.05) is 6.92 Å². The first kappa shape index (κ1) is 13.0. The molecule has 2 unspecified atom stereocenters. The molecule has 0 aromatic rings. The summed E-state index contributed by atoms with van der Waals surface area (Å²) in [5.74, 6) is -0.692.